The van der Waals surface area contributed by atoms with Crippen molar-refractivity contribution in [3.8, 4) is 5.88 Å². The van der Waals surface area contributed by atoms with Crippen LogP contribution < -0.4 is 9.64 Å². The van der Waals surface area contributed by atoms with Crippen molar-refractivity contribution < 1.29 is 4.74 Å². The molecule has 0 bridgehead atoms. The molecule has 1 aliphatic heterocycles. The van der Waals surface area contributed by atoms with Gasteiger partial charge in [-0.2, -0.15) is 0 Å². The van der Waals surface area contributed by atoms with Crippen molar-refractivity contribution in [2.45, 2.75) is 51.5 Å². The highest BCUT2D eigenvalue weighted by Gasteiger charge is 2.47. The van der Waals surface area contributed by atoms with E-state index in [0.29, 0.717) is 12.0 Å². The quantitative estimate of drug-likeness (QED) is 0.782. The molecule has 20 heavy (non-hydrogen) atoms. The molecule has 3 heteroatoms. The second-order valence-corrected chi connectivity index (χ2v) is 7.15. The Kier molecular flexibility index (Phi) is 3.19. The number of hydrogen-bond acceptors (Lipinski definition) is 3. The molecule has 1 aromatic rings. The SMILES string of the molecule is COc1ccc2c(n1)C(C)(C)[C@@H]1CC[C@@H](C)C[C@H]1N2C. The number of fused-ring (bicyclic) bond motifs is 2. The molecule has 3 rings (SSSR count). The van der Waals surface area contributed by atoms with E-state index in [0.717, 1.165) is 11.8 Å². The van der Waals surface area contributed by atoms with Crippen molar-refractivity contribution in [3.63, 3.8) is 0 Å². The minimum Gasteiger partial charge on any atom is -0.481 e. The zero-order valence-electron chi connectivity index (χ0n) is 13.3. The monoisotopic (exact) mass is 274 g/mol. The van der Waals surface area contributed by atoms with Crippen molar-refractivity contribution >= 4 is 5.69 Å². The fourth-order valence-electron chi connectivity index (χ4n) is 4.28. The largest absolute Gasteiger partial charge is 0.481 e. The average Bonchev–Trinajstić information content (AvgIpc) is 2.44. The standard InChI is InChI=1S/C17H26N2O/c1-11-6-7-12-14(10-11)19(4)13-8-9-15(20-5)18-16(13)17(12,2)3/h8-9,11-12,14H,6-7,10H2,1-5H3/t11-,12-,14-/m1/s1. The highest BCUT2D eigenvalue weighted by atomic mass is 16.5. The predicted molar refractivity (Wildman–Crippen MR) is 82.5 cm³/mol. The lowest BCUT2D eigenvalue weighted by Gasteiger charge is -2.53. The molecule has 1 fully saturated rings. The Morgan fingerprint density at radius 3 is 2.75 bits per heavy atom. The summed E-state index contributed by atoms with van der Waals surface area (Å²) in [6.45, 7) is 7.11. The second kappa shape index (κ2) is 4.64. The lowest BCUT2D eigenvalue weighted by atomic mass is 9.62. The molecule has 3 nitrogen and oxygen atoms in total. The number of pyridine rings is 1. The summed E-state index contributed by atoms with van der Waals surface area (Å²) in [6.07, 6.45) is 3.95. The second-order valence-electron chi connectivity index (χ2n) is 7.15. The van der Waals surface area contributed by atoms with Crippen LogP contribution in [0.15, 0.2) is 12.1 Å². The highest BCUT2D eigenvalue weighted by Crippen LogP contribution is 2.50. The van der Waals surface area contributed by atoms with Crippen LogP contribution in [0.25, 0.3) is 0 Å². The first-order chi connectivity index (χ1) is 9.45. The molecule has 0 radical (unpaired) electrons. The van der Waals surface area contributed by atoms with Crippen molar-refractivity contribution in [2.24, 2.45) is 11.8 Å². The molecule has 0 aromatic carbocycles. The van der Waals surface area contributed by atoms with Gasteiger partial charge in [-0.05, 0) is 30.7 Å². The van der Waals surface area contributed by atoms with Crippen LogP contribution in [0.5, 0.6) is 5.88 Å². The molecular weight excluding hydrogens is 248 g/mol. The summed E-state index contributed by atoms with van der Waals surface area (Å²) in [5.41, 5.74) is 2.61. The van der Waals surface area contributed by atoms with Gasteiger partial charge in [-0.25, -0.2) is 4.98 Å². The molecule has 110 valence electrons. The number of hydrogen-bond donors (Lipinski definition) is 0. The predicted octanol–water partition coefficient (Wildman–Crippen LogP) is 3.62. The number of aromatic nitrogens is 1. The third-order valence-corrected chi connectivity index (χ3v) is 5.55. The van der Waals surface area contributed by atoms with Crippen LogP contribution in [-0.2, 0) is 5.41 Å². The minimum atomic E-state index is 0.126. The Bertz CT molecular complexity index is 512. The van der Waals surface area contributed by atoms with Crippen molar-refractivity contribution in [3.05, 3.63) is 17.8 Å². The summed E-state index contributed by atoms with van der Waals surface area (Å²) in [6, 6.07) is 4.81. The summed E-state index contributed by atoms with van der Waals surface area (Å²) in [5, 5.41) is 0. The average molecular weight is 274 g/mol. The van der Waals surface area contributed by atoms with Crippen LogP contribution in [0.2, 0.25) is 0 Å². The molecule has 1 saturated carbocycles. The molecule has 0 spiro atoms. The van der Waals surface area contributed by atoms with Crippen LogP contribution in [0, 0.1) is 11.8 Å². The van der Waals surface area contributed by atoms with Gasteiger partial charge in [-0.1, -0.05) is 27.2 Å². The molecule has 3 atom stereocenters. The van der Waals surface area contributed by atoms with E-state index >= 15 is 0 Å². The van der Waals surface area contributed by atoms with Gasteiger partial charge in [0.1, 0.15) is 0 Å². The van der Waals surface area contributed by atoms with Crippen molar-refractivity contribution in [1.29, 1.82) is 0 Å². The number of rotatable bonds is 1. The van der Waals surface area contributed by atoms with Gasteiger partial charge in [0.15, 0.2) is 0 Å². The van der Waals surface area contributed by atoms with Gasteiger partial charge in [0.05, 0.1) is 18.5 Å². The molecule has 2 aliphatic rings. The van der Waals surface area contributed by atoms with Crippen LogP contribution in [-0.4, -0.2) is 25.2 Å². The smallest absolute Gasteiger partial charge is 0.213 e. The van der Waals surface area contributed by atoms with E-state index < -0.39 is 0 Å². The lowest BCUT2D eigenvalue weighted by Crippen LogP contribution is -2.54. The zero-order valence-corrected chi connectivity index (χ0v) is 13.3. The number of nitrogens with zero attached hydrogens (tertiary/aromatic N) is 2. The Morgan fingerprint density at radius 2 is 2.05 bits per heavy atom. The third kappa shape index (κ3) is 1.90. The molecular formula is C17H26N2O. The lowest BCUT2D eigenvalue weighted by molar-refractivity contribution is 0.152. The summed E-state index contributed by atoms with van der Waals surface area (Å²) in [4.78, 5) is 7.25. The summed E-state index contributed by atoms with van der Waals surface area (Å²) < 4.78 is 5.33. The van der Waals surface area contributed by atoms with E-state index in [1.165, 1.54) is 30.6 Å². The minimum absolute atomic E-state index is 0.126. The van der Waals surface area contributed by atoms with Gasteiger partial charge in [-0.3, -0.25) is 0 Å². The number of methoxy groups -OCH3 is 1. The van der Waals surface area contributed by atoms with E-state index in [4.69, 9.17) is 9.72 Å². The maximum absolute atomic E-state index is 5.33. The maximum atomic E-state index is 5.33. The van der Waals surface area contributed by atoms with Gasteiger partial charge in [0.2, 0.25) is 5.88 Å². The first kappa shape index (κ1) is 13.7. The zero-order chi connectivity index (χ0) is 14.5. The molecule has 0 amide bonds. The summed E-state index contributed by atoms with van der Waals surface area (Å²) in [7, 11) is 3.93. The van der Waals surface area contributed by atoms with Gasteiger partial charge in [0, 0.05) is 24.6 Å². The summed E-state index contributed by atoms with van der Waals surface area (Å²) in [5.74, 6) is 2.26. The highest BCUT2D eigenvalue weighted by molar-refractivity contribution is 5.58. The van der Waals surface area contributed by atoms with Gasteiger partial charge in [0.25, 0.3) is 0 Å². The molecule has 1 aliphatic carbocycles. The van der Waals surface area contributed by atoms with E-state index in [1.807, 2.05) is 6.07 Å². The van der Waals surface area contributed by atoms with Crippen LogP contribution in [0.1, 0.15) is 45.7 Å². The number of ether oxygens (including phenoxy) is 1. The molecule has 1 aromatic heterocycles. The Balaban J connectivity index is 2.09. The van der Waals surface area contributed by atoms with Gasteiger partial charge in [-0.15, -0.1) is 0 Å². The first-order valence-corrected chi connectivity index (χ1v) is 7.73. The first-order valence-electron chi connectivity index (χ1n) is 7.73. The maximum Gasteiger partial charge on any atom is 0.213 e. The molecule has 0 N–H and O–H groups in total. The number of anilines is 1. The molecule has 2 heterocycles. The van der Waals surface area contributed by atoms with Gasteiger partial charge < -0.3 is 9.64 Å². The molecule has 0 unspecified atom stereocenters. The molecule has 0 saturated heterocycles. The van der Waals surface area contributed by atoms with E-state index in [-0.39, 0.29) is 5.41 Å². The van der Waals surface area contributed by atoms with E-state index in [9.17, 15) is 0 Å². The Labute approximate surface area is 122 Å². The Hall–Kier alpha value is -1.25. The fraction of sp³-hybridized carbons (Fsp3) is 0.706. The fourth-order valence-corrected chi connectivity index (χ4v) is 4.28. The van der Waals surface area contributed by atoms with Crippen molar-refractivity contribution in [2.75, 3.05) is 19.1 Å². The van der Waals surface area contributed by atoms with Crippen LogP contribution >= 0.6 is 0 Å². The normalized spacial score (nSPS) is 31.4. The summed E-state index contributed by atoms with van der Waals surface area (Å²) >= 11 is 0. The van der Waals surface area contributed by atoms with Crippen LogP contribution in [0.4, 0.5) is 5.69 Å². The van der Waals surface area contributed by atoms with E-state index in [2.05, 4.69) is 38.8 Å². The van der Waals surface area contributed by atoms with Crippen molar-refractivity contribution in [1.82, 2.24) is 4.98 Å². The van der Waals surface area contributed by atoms with Crippen LogP contribution in [0.3, 0.4) is 0 Å². The van der Waals surface area contributed by atoms with E-state index in [1.54, 1.807) is 7.11 Å². The topological polar surface area (TPSA) is 25.4 Å². The Morgan fingerprint density at radius 1 is 1.30 bits per heavy atom. The third-order valence-electron chi connectivity index (χ3n) is 5.55. The van der Waals surface area contributed by atoms with Gasteiger partial charge >= 0.3 is 0 Å².